The molecule has 0 radical (unpaired) electrons. The van der Waals surface area contributed by atoms with E-state index in [-0.39, 0.29) is 12.0 Å². The predicted octanol–water partition coefficient (Wildman–Crippen LogP) is 3.32. The predicted molar refractivity (Wildman–Crippen MR) is 92.8 cm³/mol. The van der Waals surface area contributed by atoms with Crippen LogP contribution in [0, 0.1) is 6.92 Å². The molecule has 140 valence electrons. The molecule has 26 heavy (non-hydrogen) atoms. The van der Waals surface area contributed by atoms with Gasteiger partial charge in [-0.1, -0.05) is 6.07 Å². The zero-order chi connectivity index (χ0) is 18.6. The van der Waals surface area contributed by atoms with Crippen molar-refractivity contribution < 1.29 is 13.2 Å². The number of pyridine rings is 1. The molecule has 0 saturated carbocycles. The molecular weight excluding hydrogens is 343 g/mol. The molecule has 0 bridgehead atoms. The number of anilines is 1. The van der Waals surface area contributed by atoms with Gasteiger partial charge in [0.2, 0.25) is 5.95 Å². The van der Waals surface area contributed by atoms with Gasteiger partial charge in [-0.3, -0.25) is 4.98 Å². The summed E-state index contributed by atoms with van der Waals surface area (Å²) in [7, 11) is 0. The fourth-order valence-electron chi connectivity index (χ4n) is 3.16. The van der Waals surface area contributed by atoms with Gasteiger partial charge in [-0.15, -0.1) is 0 Å². The highest BCUT2D eigenvalue weighted by Crippen LogP contribution is 2.27. The van der Waals surface area contributed by atoms with E-state index in [9.17, 15) is 13.2 Å². The minimum absolute atomic E-state index is 0.0343. The molecular formula is C18H22F3N5. The normalized spacial score (nSPS) is 18.7. The van der Waals surface area contributed by atoms with Crippen LogP contribution in [0.5, 0.6) is 0 Å². The van der Waals surface area contributed by atoms with E-state index in [1.165, 1.54) is 0 Å². The van der Waals surface area contributed by atoms with Gasteiger partial charge in [0, 0.05) is 43.1 Å². The van der Waals surface area contributed by atoms with Crippen LogP contribution in [-0.4, -0.2) is 45.5 Å². The average molecular weight is 365 g/mol. The van der Waals surface area contributed by atoms with Crippen molar-refractivity contribution in [1.29, 1.82) is 0 Å². The van der Waals surface area contributed by atoms with Crippen LogP contribution in [-0.2, 0) is 12.6 Å². The standard InChI is InChI=1S/C18H22F3N5/c1-13-4-2-5-14(23-13)8-11-26-10-3-6-15(12-26)24-17-22-9-7-16(25-17)18(19,20)21/h2,4-5,7,9,15H,3,6,8,10-12H2,1H3,(H,22,24,25). The molecule has 1 aliphatic heterocycles. The summed E-state index contributed by atoms with van der Waals surface area (Å²) in [4.78, 5) is 14.3. The molecule has 1 atom stereocenters. The number of nitrogens with one attached hydrogen (secondary N) is 1. The molecule has 3 rings (SSSR count). The summed E-state index contributed by atoms with van der Waals surface area (Å²) in [5.74, 6) is 0.0343. The molecule has 0 spiro atoms. The lowest BCUT2D eigenvalue weighted by molar-refractivity contribution is -0.141. The fraction of sp³-hybridized carbons (Fsp3) is 0.500. The highest BCUT2D eigenvalue weighted by atomic mass is 19.4. The lowest BCUT2D eigenvalue weighted by Gasteiger charge is -2.33. The summed E-state index contributed by atoms with van der Waals surface area (Å²) < 4.78 is 38.3. The first-order valence-electron chi connectivity index (χ1n) is 8.72. The molecule has 1 saturated heterocycles. The van der Waals surface area contributed by atoms with Crippen LogP contribution in [0.25, 0.3) is 0 Å². The van der Waals surface area contributed by atoms with Crippen molar-refractivity contribution in [3.8, 4) is 0 Å². The Balaban J connectivity index is 1.55. The van der Waals surface area contributed by atoms with Gasteiger partial charge >= 0.3 is 6.18 Å². The van der Waals surface area contributed by atoms with Crippen molar-refractivity contribution in [1.82, 2.24) is 19.9 Å². The number of rotatable bonds is 5. The number of nitrogens with zero attached hydrogens (tertiary/aromatic N) is 4. The van der Waals surface area contributed by atoms with Crippen molar-refractivity contribution in [3.05, 3.63) is 47.5 Å². The van der Waals surface area contributed by atoms with Gasteiger partial charge in [0.25, 0.3) is 0 Å². The third kappa shape index (κ3) is 5.14. The van der Waals surface area contributed by atoms with Crippen LogP contribution >= 0.6 is 0 Å². The second-order valence-corrected chi connectivity index (χ2v) is 6.57. The molecule has 1 fully saturated rings. The van der Waals surface area contributed by atoms with Crippen molar-refractivity contribution >= 4 is 5.95 Å². The van der Waals surface area contributed by atoms with Crippen molar-refractivity contribution in [3.63, 3.8) is 0 Å². The maximum atomic E-state index is 12.8. The van der Waals surface area contributed by atoms with Gasteiger partial charge in [-0.05, 0) is 44.5 Å². The SMILES string of the molecule is Cc1cccc(CCN2CCCC(Nc3nccc(C(F)(F)F)n3)C2)n1. The van der Waals surface area contributed by atoms with Crippen LogP contribution in [0.3, 0.4) is 0 Å². The molecule has 0 amide bonds. The van der Waals surface area contributed by atoms with Crippen LogP contribution in [0.4, 0.5) is 19.1 Å². The van der Waals surface area contributed by atoms with Crippen molar-refractivity contribution in [2.75, 3.05) is 25.0 Å². The van der Waals surface area contributed by atoms with Crippen molar-refractivity contribution in [2.45, 2.75) is 38.4 Å². The first-order chi connectivity index (χ1) is 12.4. The van der Waals surface area contributed by atoms with Gasteiger partial charge < -0.3 is 10.2 Å². The Morgan fingerprint density at radius 3 is 2.85 bits per heavy atom. The smallest absolute Gasteiger partial charge is 0.350 e. The Morgan fingerprint density at radius 1 is 1.23 bits per heavy atom. The quantitative estimate of drug-likeness (QED) is 0.881. The first kappa shape index (κ1) is 18.6. The second-order valence-electron chi connectivity index (χ2n) is 6.57. The van der Waals surface area contributed by atoms with E-state index in [2.05, 4.69) is 25.2 Å². The Hall–Kier alpha value is -2.22. The number of piperidine rings is 1. The lowest BCUT2D eigenvalue weighted by Crippen LogP contribution is -2.43. The second kappa shape index (κ2) is 7.99. The van der Waals surface area contributed by atoms with E-state index in [1.807, 2.05) is 25.1 Å². The molecule has 0 aliphatic carbocycles. The Labute approximate surface area is 150 Å². The van der Waals surface area contributed by atoms with Gasteiger partial charge in [0.15, 0.2) is 0 Å². The Kier molecular flexibility index (Phi) is 5.70. The van der Waals surface area contributed by atoms with Crippen LogP contribution < -0.4 is 5.32 Å². The third-order valence-corrected chi connectivity index (χ3v) is 4.41. The van der Waals surface area contributed by atoms with Gasteiger partial charge in [0.1, 0.15) is 5.69 Å². The van der Waals surface area contributed by atoms with Crippen LogP contribution in [0.15, 0.2) is 30.5 Å². The zero-order valence-electron chi connectivity index (χ0n) is 14.6. The summed E-state index contributed by atoms with van der Waals surface area (Å²) >= 11 is 0. The number of hydrogen-bond acceptors (Lipinski definition) is 5. The molecule has 2 aromatic heterocycles. The maximum absolute atomic E-state index is 12.8. The summed E-state index contributed by atoms with van der Waals surface area (Å²) in [6, 6.07) is 6.91. The number of halogens is 3. The number of alkyl halides is 3. The minimum atomic E-state index is -4.46. The molecule has 2 aromatic rings. The maximum Gasteiger partial charge on any atom is 0.433 e. The van der Waals surface area contributed by atoms with Crippen LogP contribution in [0.1, 0.15) is 29.9 Å². The molecule has 1 aliphatic rings. The fourth-order valence-corrected chi connectivity index (χ4v) is 3.16. The largest absolute Gasteiger partial charge is 0.433 e. The number of likely N-dealkylation sites (tertiary alicyclic amines) is 1. The first-order valence-corrected chi connectivity index (χ1v) is 8.72. The Morgan fingerprint density at radius 2 is 2.08 bits per heavy atom. The molecule has 1 unspecified atom stereocenters. The van der Waals surface area contributed by atoms with E-state index in [0.29, 0.717) is 0 Å². The Bertz CT molecular complexity index is 735. The lowest BCUT2D eigenvalue weighted by atomic mass is 10.1. The van der Waals surface area contributed by atoms with E-state index in [1.54, 1.807) is 0 Å². The molecule has 5 nitrogen and oxygen atoms in total. The summed E-state index contributed by atoms with van der Waals surface area (Å²) in [5, 5.41) is 3.05. The highest BCUT2D eigenvalue weighted by molar-refractivity contribution is 5.28. The molecule has 8 heteroatoms. The van der Waals surface area contributed by atoms with E-state index >= 15 is 0 Å². The van der Waals surface area contributed by atoms with E-state index in [0.717, 1.165) is 62.5 Å². The summed E-state index contributed by atoms with van der Waals surface area (Å²) in [5.41, 5.74) is 1.14. The number of aryl methyl sites for hydroxylation is 1. The monoisotopic (exact) mass is 365 g/mol. The van der Waals surface area contributed by atoms with Gasteiger partial charge in [-0.25, -0.2) is 9.97 Å². The molecule has 3 heterocycles. The van der Waals surface area contributed by atoms with Gasteiger partial charge in [-0.2, -0.15) is 13.2 Å². The minimum Gasteiger partial charge on any atom is -0.350 e. The van der Waals surface area contributed by atoms with Gasteiger partial charge in [0.05, 0.1) is 0 Å². The summed E-state index contributed by atoms with van der Waals surface area (Å²) in [6.45, 7) is 4.58. The van der Waals surface area contributed by atoms with Crippen molar-refractivity contribution in [2.24, 2.45) is 0 Å². The molecule has 1 N–H and O–H groups in total. The molecule has 0 aromatic carbocycles. The average Bonchev–Trinajstić information content (AvgIpc) is 2.60. The van der Waals surface area contributed by atoms with E-state index in [4.69, 9.17) is 0 Å². The third-order valence-electron chi connectivity index (χ3n) is 4.41. The highest BCUT2D eigenvalue weighted by Gasteiger charge is 2.33. The topological polar surface area (TPSA) is 53.9 Å². The van der Waals surface area contributed by atoms with E-state index < -0.39 is 11.9 Å². The number of aromatic nitrogens is 3. The number of hydrogen-bond donors (Lipinski definition) is 1. The van der Waals surface area contributed by atoms with Crippen LogP contribution in [0.2, 0.25) is 0 Å². The zero-order valence-corrected chi connectivity index (χ0v) is 14.6. The summed E-state index contributed by atoms with van der Waals surface area (Å²) in [6.07, 6.45) is -0.591.